The highest BCUT2D eigenvalue weighted by atomic mass is 32.2. The maximum Gasteiger partial charge on any atom is 0.253 e. The normalized spacial score (nSPS) is 12.6. The van der Waals surface area contributed by atoms with Crippen LogP contribution in [0.3, 0.4) is 0 Å². The molecule has 0 aliphatic rings. The lowest BCUT2D eigenvalue weighted by atomic mass is 10.0. The number of benzene rings is 2. The SMILES string of the molecule is Cc1ccc(C[C@H](NC(=O)c2cccnc2)C(=O)Nc2ccc(S(=O)(=O)CC(C)(C)C)cc2)cc1. The smallest absolute Gasteiger partial charge is 0.253 e. The summed E-state index contributed by atoms with van der Waals surface area (Å²) in [6.07, 6.45) is 3.29. The van der Waals surface area contributed by atoms with Gasteiger partial charge >= 0.3 is 0 Å². The van der Waals surface area contributed by atoms with Crippen molar-refractivity contribution in [1.82, 2.24) is 10.3 Å². The Morgan fingerprint density at radius 2 is 1.63 bits per heavy atom. The fourth-order valence-corrected chi connectivity index (χ4v) is 5.39. The van der Waals surface area contributed by atoms with Crippen LogP contribution in [0.1, 0.15) is 42.3 Å². The van der Waals surface area contributed by atoms with E-state index in [1.54, 1.807) is 30.5 Å². The second-order valence-corrected chi connectivity index (χ2v) is 11.8. The van der Waals surface area contributed by atoms with Crippen LogP contribution >= 0.6 is 0 Å². The Kier molecular flexibility index (Phi) is 8.07. The first-order chi connectivity index (χ1) is 16.4. The maximum absolute atomic E-state index is 13.2. The highest BCUT2D eigenvalue weighted by Gasteiger charge is 2.25. The number of anilines is 1. The predicted octanol–water partition coefficient (Wildman–Crippen LogP) is 4.19. The number of amides is 2. The molecule has 0 aliphatic heterocycles. The van der Waals surface area contributed by atoms with Gasteiger partial charge in [-0.05, 0) is 54.3 Å². The molecule has 8 heteroatoms. The van der Waals surface area contributed by atoms with Crippen LogP contribution in [0.15, 0.2) is 78.0 Å². The van der Waals surface area contributed by atoms with Gasteiger partial charge in [0, 0.05) is 24.5 Å². The van der Waals surface area contributed by atoms with Crippen molar-refractivity contribution in [2.45, 2.75) is 45.1 Å². The van der Waals surface area contributed by atoms with Crippen LogP contribution in [-0.4, -0.2) is 37.0 Å². The number of pyridine rings is 1. The van der Waals surface area contributed by atoms with E-state index in [2.05, 4.69) is 15.6 Å². The minimum absolute atomic E-state index is 0.0186. The summed E-state index contributed by atoms with van der Waals surface area (Å²) in [6, 6.07) is 16.2. The Bertz CT molecular complexity index is 1260. The van der Waals surface area contributed by atoms with Gasteiger partial charge in [-0.15, -0.1) is 0 Å². The van der Waals surface area contributed by atoms with Crippen molar-refractivity contribution in [3.63, 3.8) is 0 Å². The molecule has 1 atom stereocenters. The summed E-state index contributed by atoms with van der Waals surface area (Å²) in [4.78, 5) is 30.0. The number of carbonyl (C=O) groups excluding carboxylic acids is 2. The number of nitrogens with zero attached hydrogens (tertiary/aromatic N) is 1. The minimum atomic E-state index is -3.45. The third kappa shape index (κ3) is 7.75. The zero-order chi connectivity index (χ0) is 25.6. The zero-order valence-electron chi connectivity index (χ0n) is 20.4. The molecule has 3 rings (SSSR count). The van der Waals surface area contributed by atoms with E-state index < -0.39 is 27.7 Å². The van der Waals surface area contributed by atoms with E-state index in [0.717, 1.165) is 11.1 Å². The molecular weight excluding hydrogens is 462 g/mol. The summed E-state index contributed by atoms with van der Waals surface area (Å²) in [5.41, 5.74) is 2.40. The largest absolute Gasteiger partial charge is 0.340 e. The van der Waals surface area contributed by atoms with Gasteiger partial charge in [-0.3, -0.25) is 14.6 Å². The van der Waals surface area contributed by atoms with E-state index in [1.165, 1.54) is 18.3 Å². The highest BCUT2D eigenvalue weighted by Crippen LogP contribution is 2.23. The van der Waals surface area contributed by atoms with Crippen molar-refractivity contribution >= 4 is 27.3 Å². The molecule has 2 amide bonds. The number of hydrogen-bond acceptors (Lipinski definition) is 5. The van der Waals surface area contributed by atoms with E-state index in [9.17, 15) is 18.0 Å². The van der Waals surface area contributed by atoms with Gasteiger partial charge in [-0.25, -0.2) is 8.42 Å². The summed E-state index contributed by atoms with van der Waals surface area (Å²) in [7, 11) is -3.45. The van der Waals surface area contributed by atoms with Crippen LogP contribution in [0, 0.1) is 12.3 Å². The van der Waals surface area contributed by atoms with Crippen LogP contribution in [0.4, 0.5) is 5.69 Å². The van der Waals surface area contributed by atoms with Crippen molar-refractivity contribution in [1.29, 1.82) is 0 Å². The molecule has 35 heavy (non-hydrogen) atoms. The number of sulfone groups is 1. The highest BCUT2D eigenvalue weighted by molar-refractivity contribution is 7.91. The van der Waals surface area contributed by atoms with Crippen LogP contribution in [-0.2, 0) is 21.1 Å². The van der Waals surface area contributed by atoms with Crippen molar-refractivity contribution < 1.29 is 18.0 Å². The lowest BCUT2D eigenvalue weighted by molar-refractivity contribution is -0.118. The molecule has 0 aliphatic carbocycles. The average Bonchev–Trinajstić information content (AvgIpc) is 2.79. The average molecular weight is 494 g/mol. The van der Waals surface area contributed by atoms with Crippen molar-refractivity contribution in [3.8, 4) is 0 Å². The summed E-state index contributed by atoms with van der Waals surface area (Å²) < 4.78 is 25.3. The number of nitrogens with one attached hydrogen (secondary N) is 2. The topological polar surface area (TPSA) is 105 Å². The summed E-state index contributed by atoms with van der Waals surface area (Å²) >= 11 is 0. The monoisotopic (exact) mass is 493 g/mol. The van der Waals surface area contributed by atoms with E-state index in [1.807, 2.05) is 52.0 Å². The van der Waals surface area contributed by atoms with Gasteiger partial charge < -0.3 is 10.6 Å². The zero-order valence-corrected chi connectivity index (χ0v) is 21.2. The Morgan fingerprint density at radius 3 is 2.20 bits per heavy atom. The lowest BCUT2D eigenvalue weighted by Crippen LogP contribution is -2.45. The van der Waals surface area contributed by atoms with Gasteiger partial charge in [-0.1, -0.05) is 50.6 Å². The molecule has 2 N–H and O–H groups in total. The fraction of sp³-hybridized carbons (Fsp3) is 0.296. The quantitative estimate of drug-likeness (QED) is 0.490. The lowest BCUT2D eigenvalue weighted by Gasteiger charge is -2.20. The van der Waals surface area contributed by atoms with Crippen LogP contribution in [0.25, 0.3) is 0 Å². The predicted molar refractivity (Wildman–Crippen MR) is 137 cm³/mol. The fourth-order valence-electron chi connectivity index (χ4n) is 3.54. The Morgan fingerprint density at radius 1 is 0.971 bits per heavy atom. The van der Waals surface area contributed by atoms with E-state index in [-0.39, 0.29) is 22.5 Å². The minimum Gasteiger partial charge on any atom is -0.340 e. The second-order valence-electron chi connectivity index (χ2n) is 9.79. The molecule has 0 radical (unpaired) electrons. The molecule has 1 heterocycles. The van der Waals surface area contributed by atoms with Crippen molar-refractivity contribution in [3.05, 3.63) is 89.7 Å². The Balaban J connectivity index is 1.77. The standard InChI is InChI=1S/C27H31N3O4S/c1-19-7-9-20(10-8-19)16-24(30-25(31)21-6-5-15-28-17-21)26(32)29-22-11-13-23(14-12-22)35(33,34)18-27(2,3)4/h5-15,17,24H,16,18H2,1-4H3,(H,29,32)(H,30,31)/t24-/m0/s1. The van der Waals surface area contributed by atoms with Gasteiger partial charge in [0.1, 0.15) is 6.04 Å². The molecular formula is C27H31N3O4S. The van der Waals surface area contributed by atoms with Gasteiger partial charge in [-0.2, -0.15) is 0 Å². The second kappa shape index (κ2) is 10.8. The van der Waals surface area contributed by atoms with Gasteiger partial charge in [0.25, 0.3) is 5.91 Å². The first kappa shape index (κ1) is 26.1. The first-order valence-corrected chi connectivity index (χ1v) is 13.0. The van der Waals surface area contributed by atoms with Gasteiger partial charge in [0.15, 0.2) is 9.84 Å². The number of aryl methyl sites for hydroxylation is 1. The molecule has 0 saturated heterocycles. The van der Waals surface area contributed by atoms with Crippen molar-refractivity contribution in [2.75, 3.05) is 11.1 Å². The third-order valence-corrected chi connectivity index (χ3v) is 7.45. The van der Waals surface area contributed by atoms with Gasteiger partial charge in [0.2, 0.25) is 5.91 Å². The van der Waals surface area contributed by atoms with Crippen LogP contribution in [0.2, 0.25) is 0 Å². The molecule has 0 spiro atoms. The molecule has 3 aromatic rings. The van der Waals surface area contributed by atoms with E-state index in [0.29, 0.717) is 11.3 Å². The molecule has 0 bridgehead atoms. The summed E-state index contributed by atoms with van der Waals surface area (Å²) in [5, 5.41) is 5.58. The molecule has 0 saturated carbocycles. The van der Waals surface area contributed by atoms with Crippen LogP contribution < -0.4 is 10.6 Å². The summed E-state index contributed by atoms with van der Waals surface area (Å²) in [5.74, 6) is -0.799. The molecule has 7 nitrogen and oxygen atoms in total. The Hall–Kier alpha value is -3.52. The molecule has 0 unspecified atom stereocenters. The van der Waals surface area contributed by atoms with Crippen molar-refractivity contribution in [2.24, 2.45) is 5.41 Å². The number of rotatable bonds is 8. The van der Waals surface area contributed by atoms with E-state index in [4.69, 9.17) is 0 Å². The Labute approximate surface area is 206 Å². The van der Waals surface area contributed by atoms with Gasteiger partial charge in [0.05, 0.1) is 16.2 Å². The first-order valence-electron chi connectivity index (χ1n) is 11.3. The maximum atomic E-state index is 13.2. The third-order valence-electron chi connectivity index (χ3n) is 5.21. The van der Waals surface area contributed by atoms with Crippen LogP contribution in [0.5, 0.6) is 0 Å². The number of carbonyl (C=O) groups is 2. The molecule has 1 aromatic heterocycles. The summed E-state index contributed by atoms with van der Waals surface area (Å²) in [6.45, 7) is 7.58. The van der Waals surface area contributed by atoms with E-state index >= 15 is 0 Å². The number of hydrogen-bond donors (Lipinski definition) is 2. The molecule has 2 aromatic carbocycles. The molecule has 0 fully saturated rings. The number of aromatic nitrogens is 1. The molecule has 184 valence electrons.